The molecular formula is C26H42O3. The van der Waals surface area contributed by atoms with Crippen LogP contribution in [-0.2, 0) is 4.79 Å². The van der Waals surface area contributed by atoms with E-state index in [-0.39, 0.29) is 11.6 Å². The predicted molar refractivity (Wildman–Crippen MR) is 122 cm³/mol. The molecule has 3 heteroatoms. The monoisotopic (exact) mass is 402 g/mol. The molecule has 0 fully saturated rings. The molecule has 0 saturated heterocycles. The summed E-state index contributed by atoms with van der Waals surface area (Å²) >= 11 is 0. The lowest BCUT2D eigenvalue weighted by Crippen LogP contribution is -2.23. The fourth-order valence-electron chi connectivity index (χ4n) is 3.85. The summed E-state index contributed by atoms with van der Waals surface area (Å²) in [6, 6.07) is 7.26. The van der Waals surface area contributed by atoms with Gasteiger partial charge >= 0.3 is 0 Å². The van der Waals surface area contributed by atoms with E-state index in [0.29, 0.717) is 24.3 Å². The Hall–Kier alpha value is -1.64. The second-order valence-corrected chi connectivity index (χ2v) is 8.13. The topological polar surface area (TPSA) is 43.4 Å². The smallest absolute Gasteiger partial charge is 0.177 e. The molecule has 1 aromatic rings. The first-order valence-electron chi connectivity index (χ1n) is 11.9. The second-order valence-electron chi connectivity index (χ2n) is 8.13. The highest BCUT2D eigenvalue weighted by atomic mass is 16.5. The molecule has 0 spiro atoms. The van der Waals surface area contributed by atoms with Gasteiger partial charge in [-0.15, -0.1) is 0 Å². The lowest BCUT2D eigenvalue weighted by Gasteiger charge is -2.15. The summed E-state index contributed by atoms with van der Waals surface area (Å²) in [5.74, 6) is -0.0883. The van der Waals surface area contributed by atoms with Crippen molar-refractivity contribution in [2.75, 3.05) is 6.61 Å². The minimum Gasteiger partial charge on any atom is -0.493 e. The van der Waals surface area contributed by atoms with Gasteiger partial charge in [0, 0.05) is 0 Å². The maximum absolute atomic E-state index is 12.9. The molecule has 1 unspecified atom stereocenters. The molecule has 0 aliphatic heterocycles. The fourth-order valence-corrected chi connectivity index (χ4v) is 3.85. The SMILES string of the molecule is CCCCCCCCCCCCCCC(C(C)=O)C(=O)c1ccccc1OCC. The van der Waals surface area contributed by atoms with Crippen LogP contribution < -0.4 is 4.74 Å². The summed E-state index contributed by atoms with van der Waals surface area (Å²) in [5.41, 5.74) is 0.536. The highest BCUT2D eigenvalue weighted by Gasteiger charge is 2.26. The molecule has 0 heterocycles. The molecule has 1 aromatic carbocycles. The minimum atomic E-state index is -0.542. The van der Waals surface area contributed by atoms with Crippen LogP contribution in [0, 0.1) is 5.92 Å². The molecule has 0 amide bonds. The van der Waals surface area contributed by atoms with Gasteiger partial charge in [0.2, 0.25) is 0 Å². The standard InChI is InChI=1S/C26H42O3/c1-4-6-7-8-9-10-11-12-13-14-15-16-19-23(22(3)27)26(28)24-20-17-18-21-25(24)29-5-2/h17-18,20-21,23H,4-16,19H2,1-3H3. The van der Waals surface area contributed by atoms with Crippen LogP contribution in [0.25, 0.3) is 0 Å². The highest BCUT2D eigenvalue weighted by Crippen LogP contribution is 2.25. The largest absolute Gasteiger partial charge is 0.493 e. The lowest BCUT2D eigenvalue weighted by molar-refractivity contribution is -0.119. The molecule has 0 saturated carbocycles. The Bertz CT molecular complexity index is 579. The maximum Gasteiger partial charge on any atom is 0.177 e. The molecule has 3 nitrogen and oxygen atoms in total. The van der Waals surface area contributed by atoms with Gasteiger partial charge in [0.05, 0.1) is 18.1 Å². The Balaban J connectivity index is 2.27. The van der Waals surface area contributed by atoms with Crippen LogP contribution in [0.2, 0.25) is 0 Å². The molecule has 0 radical (unpaired) electrons. The van der Waals surface area contributed by atoms with Crippen LogP contribution >= 0.6 is 0 Å². The highest BCUT2D eigenvalue weighted by molar-refractivity contribution is 6.11. The van der Waals surface area contributed by atoms with Gasteiger partial charge < -0.3 is 4.74 Å². The number of ether oxygens (including phenoxy) is 1. The molecule has 1 atom stereocenters. The number of hydrogen-bond acceptors (Lipinski definition) is 3. The van der Waals surface area contributed by atoms with E-state index >= 15 is 0 Å². The lowest BCUT2D eigenvalue weighted by atomic mass is 9.89. The summed E-state index contributed by atoms with van der Waals surface area (Å²) in [5, 5.41) is 0. The summed E-state index contributed by atoms with van der Waals surface area (Å²) in [7, 11) is 0. The molecule has 0 aromatic heterocycles. The van der Waals surface area contributed by atoms with Crippen molar-refractivity contribution >= 4 is 11.6 Å². The third-order valence-corrected chi connectivity index (χ3v) is 5.61. The number of carbonyl (C=O) groups excluding carboxylic acids is 2. The third-order valence-electron chi connectivity index (χ3n) is 5.61. The number of rotatable bonds is 18. The fraction of sp³-hybridized carbons (Fsp3) is 0.692. The second kappa shape index (κ2) is 16.2. The number of ketones is 2. The van der Waals surface area contributed by atoms with E-state index in [1.165, 1.54) is 71.1 Å². The van der Waals surface area contributed by atoms with Gasteiger partial charge in [0.25, 0.3) is 0 Å². The van der Waals surface area contributed by atoms with Crippen molar-refractivity contribution in [1.82, 2.24) is 0 Å². The third kappa shape index (κ3) is 10.6. The first-order valence-corrected chi connectivity index (χ1v) is 11.9. The van der Waals surface area contributed by atoms with Crippen LogP contribution in [0.1, 0.15) is 115 Å². The van der Waals surface area contributed by atoms with E-state index in [1.54, 1.807) is 12.1 Å². The molecule has 29 heavy (non-hydrogen) atoms. The molecule has 1 rings (SSSR count). The van der Waals surface area contributed by atoms with E-state index in [2.05, 4.69) is 6.92 Å². The van der Waals surface area contributed by atoms with Gasteiger partial charge in [-0.3, -0.25) is 9.59 Å². The van der Waals surface area contributed by atoms with Crippen molar-refractivity contribution in [3.05, 3.63) is 29.8 Å². The van der Waals surface area contributed by atoms with Crippen LogP contribution in [0.5, 0.6) is 5.75 Å². The van der Waals surface area contributed by atoms with Crippen molar-refractivity contribution in [2.45, 2.75) is 104 Å². The van der Waals surface area contributed by atoms with Crippen molar-refractivity contribution in [3.63, 3.8) is 0 Å². The Kier molecular flexibility index (Phi) is 14.2. The number of Topliss-reactive ketones (excluding diaryl/α,β-unsaturated/α-hetero) is 2. The molecule has 164 valence electrons. The van der Waals surface area contributed by atoms with Gasteiger partial charge in [-0.2, -0.15) is 0 Å². The summed E-state index contributed by atoms with van der Waals surface area (Å²) in [6.45, 7) is 6.20. The average molecular weight is 403 g/mol. The molecule has 0 aliphatic carbocycles. The quantitative estimate of drug-likeness (QED) is 0.144. The van der Waals surface area contributed by atoms with Crippen molar-refractivity contribution < 1.29 is 14.3 Å². The minimum absolute atomic E-state index is 0.0376. The zero-order chi connectivity index (χ0) is 21.3. The number of hydrogen-bond donors (Lipinski definition) is 0. The summed E-state index contributed by atoms with van der Waals surface area (Å²) in [6.07, 6.45) is 16.0. The Morgan fingerprint density at radius 3 is 1.83 bits per heavy atom. The van der Waals surface area contributed by atoms with Gasteiger partial charge in [-0.25, -0.2) is 0 Å². The summed E-state index contributed by atoms with van der Waals surface area (Å²) in [4.78, 5) is 25.0. The number of para-hydroxylation sites is 1. The van der Waals surface area contributed by atoms with E-state index in [4.69, 9.17) is 4.74 Å². The van der Waals surface area contributed by atoms with Crippen LogP contribution in [0.3, 0.4) is 0 Å². The molecule has 0 N–H and O–H groups in total. The first kappa shape index (κ1) is 25.4. The van der Waals surface area contributed by atoms with Crippen LogP contribution in [0.15, 0.2) is 24.3 Å². The van der Waals surface area contributed by atoms with Gasteiger partial charge in [-0.1, -0.05) is 96.1 Å². The van der Waals surface area contributed by atoms with E-state index in [9.17, 15) is 9.59 Å². The zero-order valence-electron chi connectivity index (χ0n) is 19.0. The van der Waals surface area contributed by atoms with Gasteiger partial charge in [0.1, 0.15) is 11.5 Å². The Labute approximate surface area is 178 Å². The maximum atomic E-state index is 12.9. The first-order chi connectivity index (χ1) is 14.1. The van der Waals surface area contributed by atoms with Crippen molar-refractivity contribution in [1.29, 1.82) is 0 Å². The van der Waals surface area contributed by atoms with Crippen LogP contribution in [0.4, 0.5) is 0 Å². The van der Waals surface area contributed by atoms with Gasteiger partial charge in [-0.05, 0) is 32.4 Å². The van der Waals surface area contributed by atoms with Crippen molar-refractivity contribution in [2.24, 2.45) is 5.92 Å². The average Bonchev–Trinajstić information content (AvgIpc) is 2.71. The number of carbonyl (C=O) groups is 2. The molecule has 0 bridgehead atoms. The Morgan fingerprint density at radius 2 is 1.31 bits per heavy atom. The molecular weight excluding hydrogens is 360 g/mol. The van der Waals surface area contributed by atoms with E-state index in [0.717, 1.165) is 12.8 Å². The number of unbranched alkanes of at least 4 members (excludes halogenated alkanes) is 11. The number of benzene rings is 1. The Morgan fingerprint density at radius 1 is 0.793 bits per heavy atom. The van der Waals surface area contributed by atoms with E-state index < -0.39 is 5.92 Å². The van der Waals surface area contributed by atoms with E-state index in [1.807, 2.05) is 19.1 Å². The zero-order valence-corrected chi connectivity index (χ0v) is 19.0. The summed E-state index contributed by atoms with van der Waals surface area (Å²) < 4.78 is 5.57. The molecule has 0 aliphatic rings. The van der Waals surface area contributed by atoms with Crippen LogP contribution in [-0.4, -0.2) is 18.2 Å². The van der Waals surface area contributed by atoms with Crippen molar-refractivity contribution in [3.8, 4) is 5.75 Å². The normalized spacial score (nSPS) is 12.0. The van der Waals surface area contributed by atoms with Gasteiger partial charge in [0.15, 0.2) is 5.78 Å². The predicted octanol–water partition coefficient (Wildman–Crippen LogP) is 7.56.